The Morgan fingerprint density at radius 3 is 2.22 bits per heavy atom. The molecule has 0 N–H and O–H groups in total. The molecule has 0 atom stereocenters. The van der Waals surface area contributed by atoms with Crippen molar-refractivity contribution >= 4 is 11.8 Å². The first-order valence-corrected chi connectivity index (χ1v) is 11.3. The summed E-state index contributed by atoms with van der Waals surface area (Å²) >= 11 is 0. The maximum Gasteiger partial charge on any atom is 0.237 e. The van der Waals surface area contributed by atoms with Crippen LogP contribution in [-0.4, -0.2) is 97.0 Å². The van der Waals surface area contributed by atoms with Crippen LogP contribution in [0.5, 0.6) is 0 Å². The van der Waals surface area contributed by atoms with Gasteiger partial charge < -0.3 is 19.0 Å². The average Bonchev–Trinajstić information content (AvgIpc) is 3.34. The molecule has 32 heavy (non-hydrogen) atoms. The summed E-state index contributed by atoms with van der Waals surface area (Å²) in [6.07, 6.45) is 1.63. The van der Waals surface area contributed by atoms with Crippen LogP contribution in [0.15, 0.2) is 53.1 Å². The van der Waals surface area contributed by atoms with Gasteiger partial charge in [-0.2, -0.15) is 0 Å². The predicted octanol–water partition coefficient (Wildman–Crippen LogP) is 1.28. The molecule has 2 fully saturated rings. The van der Waals surface area contributed by atoms with Crippen molar-refractivity contribution in [2.75, 3.05) is 65.6 Å². The Hall–Kier alpha value is -2.68. The summed E-state index contributed by atoms with van der Waals surface area (Å²) in [5, 5.41) is 0. The second-order valence-electron chi connectivity index (χ2n) is 8.36. The zero-order valence-electron chi connectivity index (χ0n) is 18.5. The van der Waals surface area contributed by atoms with E-state index in [9.17, 15) is 9.59 Å². The van der Waals surface area contributed by atoms with E-state index in [1.165, 1.54) is 0 Å². The zero-order chi connectivity index (χ0) is 22.2. The Morgan fingerprint density at radius 1 is 0.812 bits per heavy atom. The molecule has 0 unspecified atom stereocenters. The van der Waals surface area contributed by atoms with E-state index < -0.39 is 0 Å². The van der Waals surface area contributed by atoms with Gasteiger partial charge in [0.1, 0.15) is 5.76 Å². The second kappa shape index (κ2) is 11.3. The largest absolute Gasteiger partial charge is 0.467 e. The third-order valence-electron chi connectivity index (χ3n) is 6.04. The summed E-state index contributed by atoms with van der Waals surface area (Å²) in [7, 11) is 0. The van der Waals surface area contributed by atoms with Crippen LogP contribution in [0.4, 0.5) is 0 Å². The zero-order valence-corrected chi connectivity index (χ0v) is 18.5. The number of rotatable bonds is 8. The highest BCUT2D eigenvalue weighted by atomic mass is 16.5. The van der Waals surface area contributed by atoms with Crippen LogP contribution in [0.25, 0.3) is 0 Å². The van der Waals surface area contributed by atoms with Crippen molar-refractivity contribution in [1.29, 1.82) is 0 Å². The van der Waals surface area contributed by atoms with Gasteiger partial charge in [0.25, 0.3) is 0 Å². The molecule has 1 aromatic carbocycles. The lowest BCUT2D eigenvalue weighted by atomic mass is 10.2. The third kappa shape index (κ3) is 6.41. The van der Waals surface area contributed by atoms with E-state index in [0.29, 0.717) is 65.6 Å². The van der Waals surface area contributed by atoms with E-state index in [1.54, 1.807) is 6.26 Å². The first kappa shape index (κ1) is 22.5. The summed E-state index contributed by atoms with van der Waals surface area (Å²) < 4.78 is 10.8. The number of amides is 2. The van der Waals surface area contributed by atoms with Gasteiger partial charge in [0.2, 0.25) is 11.8 Å². The number of carbonyl (C=O) groups excluding carboxylic acids is 2. The molecule has 2 aromatic rings. The number of ether oxygens (including phenoxy) is 1. The fourth-order valence-electron chi connectivity index (χ4n) is 4.12. The lowest BCUT2D eigenvalue weighted by Gasteiger charge is -2.36. The number of furan rings is 1. The molecule has 3 heterocycles. The summed E-state index contributed by atoms with van der Waals surface area (Å²) in [6, 6.07) is 13.7. The van der Waals surface area contributed by atoms with Gasteiger partial charge in [0.05, 0.1) is 39.1 Å². The Morgan fingerprint density at radius 2 is 1.53 bits per heavy atom. The minimum absolute atomic E-state index is 0.0679. The topological polar surface area (TPSA) is 69.5 Å². The van der Waals surface area contributed by atoms with Crippen molar-refractivity contribution in [3.05, 3.63) is 60.1 Å². The van der Waals surface area contributed by atoms with Crippen molar-refractivity contribution in [2.45, 2.75) is 13.1 Å². The van der Waals surface area contributed by atoms with Gasteiger partial charge in [-0.1, -0.05) is 30.3 Å². The first-order valence-electron chi connectivity index (χ1n) is 11.3. The highest BCUT2D eigenvalue weighted by Gasteiger charge is 2.26. The van der Waals surface area contributed by atoms with Crippen LogP contribution >= 0.6 is 0 Å². The predicted molar refractivity (Wildman–Crippen MR) is 120 cm³/mol. The van der Waals surface area contributed by atoms with Crippen molar-refractivity contribution < 1.29 is 18.7 Å². The van der Waals surface area contributed by atoms with Crippen molar-refractivity contribution in [3.63, 3.8) is 0 Å². The summed E-state index contributed by atoms with van der Waals surface area (Å²) in [4.78, 5) is 33.8. The van der Waals surface area contributed by atoms with Gasteiger partial charge in [-0.3, -0.25) is 19.4 Å². The molecule has 8 heteroatoms. The summed E-state index contributed by atoms with van der Waals surface area (Å²) in [5.41, 5.74) is 1.09. The quantitative estimate of drug-likeness (QED) is 0.616. The molecule has 4 rings (SSSR count). The average molecular weight is 441 g/mol. The SMILES string of the molecule is O=C(CN1CCOCC1)N1CCN(CC(=O)N(Cc2ccccc2)Cc2ccco2)CC1. The Bertz CT molecular complexity index is 844. The highest BCUT2D eigenvalue weighted by molar-refractivity contribution is 5.79. The molecular formula is C24H32N4O4. The molecule has 2 saturated heterocycles. The molecule has 2 aliphatic heterocycles. The van der Waals surface area contributed by atoms with Crippen molar-refractivity contribution in [1.82, 2.24) is 19.6 Å². The lowest BCUT2D eigenvalue weighted by Crippen LogP contribution is -2.53. The second-order valence-corrected chi connectivity index (χ2v) is 8.36. The van der Waals surface area contributed by atoms with Gasteiger partial charge >= 0.3 is 0 Å². The number of benzene rings is 1. The van der Waals surface area contributed by atoms with Crippen molar-refractivity contribution in [2.24, 2.45) is 0 Å². The Labute approximate surface area is 189 Å². The van der Waals surface area contributed by atoms with Crippen LogP contribution in [0, 0.1) is 0 Å². The molecule has 172 valence electrons. The molecule has 0 spiro atoms. The number of nitrogens with zero attached hydrogens (tertiary/aromatic N) is 4. The van der Waals surface area contributed by atoms with Crippen LogP contribution in [0.3, 0.4) is 0 Å². The Kier molecular flexibility index (Phi) is 7.92. The monoisotopic (exact) mass is 440 g/mol. The lowest BCUT2D eigenvalue weighted by molar-refractivity contribution is -0.137. The molecule has 0 aliphatic carbocycles. The van der Waals surface area contributed by atoms with Crippen molar-refractivity contribution in [3.8, 4) is 0 Å². The molecule has 1 aromatic heterocycles. The fourth-order valence-corrected chi connectivity index (χ4v) is 4.12. The number of carbonyl (C=O) groups is 2. The smallest absolute Gasteiger partial charge is 0.237 e. The standard InChI is InChI=1S/C24H32N4O4/c29-23(19-26-12-15-31-16-13-26)27-10-8-25(9-11-27)20-24(30)28(18-22-7-4-14-32-22)17-21-5-2-1-3-6-21/h1-7,14H,8-13,15-20H2. The van der Waals surface area contributed by atoms with E-state index >= 15 is 0 Å². The highest BCUT2D eigenvalue weighted by Crippen LogP contribution is 2.12. The maximum absolute atomic E-state index is 13.2. The van der Waals surface area contributed by atoms with Gasteiger partial charge in [-0.25, -0.2) is 0 Å². The number of morpholine rings is 1. The fraction of sp³-hybridized carbons (Fsp3) is 0.500. The Balaban J connectivity index is 1.28. The van der Waals surface area contributed by atoms with Gasteiger partial charge in [-0.15, -0.1) is 0 Å². The van der Waals surface area contributed by atoms with Crippen LogP contribution in [0.1, 0.15) is 11.3 Å². The van der Waals surface area contributed by atoms with Gasteiger partial charge in [0, 0.05) is 45.8 Å². The number of hydrogen-bond acceptors (Lipinski definition) is 6. The number of hydrogen-bond donors (Lipinski definition) is 0. The molecule has 0 bridgehead atoms. The molecule has 8 nitrogen and oxygen atoms in total. The summed E-state index contributed by atoms with van der Waals surface area (Å²) in [6.45, 7) is 7.54. The van der Waals surface area contributed by atoms with Gasteiger partial charge in [-0.05, 0) is 17.7 Å². The van der Waals surface area contributed by atoms with E-state index in [2.05, 4.69) is 9.80 Å². The first-order chi connectivity index (χ1) is 15.7. The maximum atomic E-state index is 13.2. The molecule has 2 aliphatic rings. The molecule has 2 amide bonds. The van der Waals surface area contributed by atoms with Crippen LogP contribution in [-0.2, 0) is 27.4 Å². The molecular weight excluding hydrogens is 408 g/mol. The minimum atomic E-state index is 0.0679. The molecule has 0 radical (unpaired) electrons. The van der Waals surface area contributed by atoms with E-state index in [4.69, 9.17) is 9.15 Å². The third-order valence-corrected chi connectivity index (χ3v) is 6.04. The van der Waals surface area contributed by atoms with E-state index in [-0.39, 0.29) is 11.8 Å². The normalized spacial score (nSPS) is 17.9. The van der Waals surface area contributed by atoms with E-state index in [1.807, 2.05) is 52.3 Å². The van der Waals surface area contributed by atoms with Gasteiger partial charge in [0.15, 0.2) is 0 Å². The minimum Gasteiger partial charge on any atom is -0.467 e. The van der Waals surface area contributed by atoms with E-state index in [0.717, 1.165) is 24.4 Å². The molecule has 0 saturated carbocycles. The summed E-state index contributed by atoms with van der Waals surface area (Å²) in [5.74, 6) is 1.01. The van der Waals surface area contributed by atoms with Crippen LogP contribution in [0.2, 0.25) is 0 Å². The number of piperazine rings is 1. The van der Waals surface area contributed by atoms with Crippen LogP contribution < -0.4 is 0 Å².